The molecule has 1 heterocycles. The van der Waals surface area contributed by atoms with Crippen LogP contribution in [0.2, 0.25) is 5.02 Å². The average molecular weight is 379 g/mol. The van der Waals surface area contributed by atoms with Crippen molar-refractivity contribution >= 4 is 35.0 Å². The summed E-state index contributed by atoms with van der Waals surface area (Å²) >= 11 is 7.43. The van der Waals surface area contributed by atoms with Gasteiger partial charge < -0.3 is 9.88 Å². The number of halogens is 1. The second kappa shape index (κ2) is 8.23. The molecule has 0 radical (unpaired) electrons. The molecular weight excluding hydrogens is 356 g/mol. The lowest BCUT2D eigenvalue weighted by atomic mass is 9.95. The maximum atomic E-state index is 12.5. The first-order chi connectivity index (χ1) is 12.0. The third-order valence-corrected chi connectivity index (χ3v) is 5.81. The van der Waals surface area contributed by atoms with E-state index in [2.05, 4.69) is 20.1 Å². The zero-order valence-corrected chi connectivity index (χ0v) is 16.1. The molecule has 1 aromatic carbocycles. The number of rotatable bonds is 5. The molecule has 25 heavy (non-hydrogen) atoms. The van der Waals surface area contributed by atoms with Gasteiger partial charge in [0, 0.05) is 16.8 Å². The third kappa shape index (κ3) is 4.55. The highest BCUT2D eigenvalue weighted by Gasteiger charge is 2.24. The largest absolute Gasteiger partial charge is 0.325 e. The van der Waals surface area contributed by atoms with Crippen LogP contribution >= 0.6 is 23.4 Å². The van der Waals surface area contributed by atoms with Crippen LogP contribution in [0, 0.1) is 6.92 Å². The van der Waals surface area contributed by atoms with Crippen molar-refractivity contribution in [3.8, 4) is 0 Å². The fourth-order valence-electron chi connectivity index (χ4n) is 3.21. The number of nitrogens with zero attached hydrogens (tertiary/aromatic N) is 3. The summed E-state index contributed by atoms with van der Waals surface area (Å²) in [6, 6.07) is 7.62. The minimum Gasteiger partial charge on any atom is -0.325 e. The highest BCUT2D eigenvalue weighted by molar-refractivity contribution is 8.00. The van der Waals surface area contributed by atoms with Gasteiger partial charge in [0.15, 0.2) is 5.16 Å². The van der Waals surface area contributed by atoms with Gasteiger partial charge in [-0.3, -0.25) is 4.79 Å². The standard InChI is InChI=1S/C18H23ClN4OS/c1-12(17(24)20-15-8-6-7-14(19)11-15)25-18-22-21-13(2)23(18)16-9-4-3-5-10-16/h6-8,11-12,16H,3-5,9-10H2,1-2H3,(H,20,24). The van der Waals surface area contributed by atoms with Gasteiger partial charge in [0.2, 0.25) is 5.91 Å². The lowest BCUT2D eigenvalue weighted by Gasteiger charge is -2.25. The average Bonchev–Trinajstić information content (AvgIpc) is 2.96. The molecule has 1 amide bonds. The zero-order valence-electron chi connectivity index (χ0n) is 14.5. The zero-order chi connectivity index (χ0) is 17.8. The Balaban J connectivity index is 1.68. The normalized spacial score (nSPS) is 16.6. The highest BCUT2D eigenvalue weighted by atomic mass is 35.5. The van der Waals surface area contributed by atoms with Crippen molar-refractivity contribution in [3.05, 3.63) is 35.1 Å². The summed E-state index contributed by atoms with van der Waals surface area (Å²) in [5.74, 6) is 0.861. The SMILES string of the molecule is Cc1nnc(SC(C)C(=O)Nc2cccc(Cl)c2)n1C1CCCCC1. The number of thioether (sulfide) groups is 1. The minimum atomic E-state index is -0.273. The maximum absolute atomic E-state index is 12.5. The van der Waals surface area contributed by atoms with E-state index in [9.17, 15) is 4.79 Å². The first-order valence-electron chi connectivity index (χ1n) is 8.69. The Morgan fingerprint density at radius 2 is 2.08 bits per heavy atom. The van der Waals surface area contributed by atoms with Gasteiger partial charge in [-0.05, 0) is 44.9 Å². The van der Waals surface area contributed by atoms with Gasteiger partial charge in [0.25, 0.3) is 0 Å². The van der Waals surface area contributed by atoms with E-state index in [-0.39, 0.29) is 11.2 Å². The smallest absolute Gasteiger partial charge is 0.237 e. The molecule has 1 N–H and O–H groups in total. The summed E-state index contributed by atoms with van der Waals surface area (Å²) in [6.07, 6.45) is 6.12. The number of carbonyl (C=O) groups excluding carboxylic acids is 1. The maximum Gasteiger partial charge on any atom is 0.237 e. The van der Waals surface area contributed by atoms with Gasteiger partial charge >= 0.3 is 0 Å². The lowest BCUT2D eigenvalue weighted by Crippen LogP contribution is -2.23. The van der Waals surface area contributed by atoms with Crippen molar-refractivity contribution in [2.24, 2.45) is 0 Å². The molecule has 0 bridgehead atoms. The number of amides is 1. The van der Waals surface area contributed by atoms with Crippen molar-refractivity contribution in [2.45, 2.75) is 62.4 Å². The van der Waals surface area contributed by atoms with Crippen LogP contribution in [0.3, 0.4) is 0 Å². The summed E-state index contributed by atoms with van der Waals surface area (Å²) in [5, 5.41) is 12.6. The number of aryl methyl sites for hydroxylation is 1. The van der Waals surface area contributed by atoms with Crippen LogP contribution in [0.15, 0.2) is 29.4 Å². The van der Waals surface area contributed by atoms with Crippen molar-refractivity contribution in [2.75, 3.05) is 5.32 Å². The molecule has 1 aliphatic carbocycles. The van der Waals surface area contributed by atoms with Gasteiger partial charge in [0.05, 0.1) is 5.25 Å². The summed E-state index contributed by atoms with van der Waals surface area (Å²) in [6.45, 7) is 3.88. The van der Waals surface area contributed by atoms with Crippen molar-refractivity contribution < 1.29 is 4.79 Å². The van der Waals surface area contributed by atoms with Crippen LogP contribution in [0.5, 0.6) is 0 Å². The molecule has 134 valence electrons. The molecule has 1 unspecified atom stereocenters. The second-order valence-electron chi connectivity index (χ2n) is 6.45. The molecule has 0 spiro atoms. The molecule has 5 nitrogen and oxygen atoms in total. The Hall–Kier alpha value is -1.53. The number of benzene rings is 1. The predicted octanol–water partition coefficient (Wildman–Crippen LogP) is 4.86. The Kier molecular flexibility index (Phi) is 6.02. The predicted molar refractivity (Wildman–Crippen MR) is 102 cm³/mol. The number of nitrogens with one attached hydrogen (secondary N) is 1. The quantitative estimate of drug-likeness (QED) is 0.754. The molecule has 7 heteroatoms. The summed E-state index contributed by atoms with van der Waals surface area (Å²) in [5.41, 5.74) is 0.704. The molecular formula is C18H23ClN4OS. The Morgan fingerprint density at radius 3 is 2.80 bits per heavy atom. The van der Waals surface area contributed by atoms with E-state index in [0.29, 0.717) is 16.8 Å². The molecule has 2 aromatic rings. The van der Waals surface area contributed by atoms with Gasteiger partial charge in [-0.25, -0.2) is 0 Å². The Morgan fingerprint density at radius 1 is 1.32 bits per heavy atom. The van der Waals surface area contributed by atoms with E-state index < -0.39 is 0 Å². The van der Waals surface area contributed by atoms with E-state index in [0.717, 1.165) is 23.8 Å². The van der Waals surface area contributed by atoms with E-state index in [1.165, 1.54) is 31.0 Å². The van der Waals surface area contributed by atoms with Gasteiger partial charge in [-0.15, -0.1) is 10.2 Å². The first-order valence-corrected chi connectivity index (χ1v) is 9.95. The van der Waals surface area contributed by atoms with Gasteiger partial charge in [-0.1, -0.05) is 48.7 Å². The molecule has 1 aromatic heterocycles. The fourth-order valence-corrected chi connectivity index (χ4v) is 4.37. The van der Waals surface area contributed by atoms with Crippen molar-refractivity contribution in [1.82, 2.24) is 14.8 Å². The topological polar surface area (TPSA) is 59.8 Å². The van der Waals surface area contributed by atoms with Crippen LogP contribution in [0.25, 0.3) is 0 Å². The number of aromatic nitrogens is 3. The molecule has 1 fully saturated rings. The molecule has 1 saturated carbocycles. The number of anilines is 1. The van der Waals surface area contributed by atoms with Crippen molar-refractivity contribution in [1.29, 1.82) is 0 Å². The summed E-state index contributed by atoms with van der Waals surface area (Å²) < 4.78 is 2.22. The van der Waals surface area contributed by atoms with E-state index >= 15 is 0 Å². The fraction of sp³-hybridized carbons (Fsp3) is 0.500. The molecule has 1 atom stereocenters. The number of carbonyl (C=O) groups is 1. The Bertz CT molecular complexity index is 742. The van der Waals surface area contributed by atoms with E-state index in [1.54, 1.807) is 12.1 Å². The van der Waals surface area contributed by atoms with Crippen LogP contribution in [0.1, 0.15) is 50.9 Å². The van der Waals surface area contributed by atoms with Gasteiger partial charge in [-0.2, -0.15) is 0 Å². The van der Waals surface area contributed by atoms with E-state index in [4.69, 9.17) is 11.6 Å². The molecule has 0 saturated heterocycles. The monoisotopic (exact) mass is 378 g/mol. The second-order valence-corrected chi connectivity index (χ2v) is 8.20. The Labute approximate surface area is 157 Å². The van der Waals surface area contributed by atoms with Crippen LogP contribution in [-0.4, -0.2) is 25.9 Å². The third-order valence-electron chi connectivity index (χ3n) is 4.52. The lowest BCUT2D eigenvalue weighted by molar-refractivity contribution is -0.115. The summed E-state index contributed by atoms with van der Waals surface area (Å²) in [7, 11) is 0. The summed E-state index contributed by atoms with van der Waals surface area (Å²) in [4.78, 5) is 12.5. The number of hydrogen-bond acceptors (Lipinski definition) is 4. The van der Waals surface area contributed by atoms with E-state index in [1.807, 2.05) is 26.0 Å². The minimum absolute atomic E-state index is 0.0666. The first kappa shape index (κ1) is 18.3. The van der Waals surface area contributed by atoms with Crippen LogP contribution in [-0.2, 0) is 4.79 Å². The van der Waals surface area contributed by atoms with Crippen LogP contribution < -0.4 is 5.32 Å². The molecule has 1 aliphatic rings. The highest BCUT2D eigenvalue weighted by Crippen LogP contribution is 2.33. The van der Waals surface area contributed by atoms with Gasteiger partial charge in [0.1, 0.15) is 5.82 Å². The van der Waals surface area contributed by atoms with Crippen molar-refractivity contribution in [3.63, 3.8) is 0 Å². The molecule has 0 aliphatic heterocycles. The van der Waals surface area contributed by atoms with Crippen LogP contribution in [0.4, 0.5) is 5.69 Å². The number of hydrogen-bond donors (Lipinski definition) is 1. The molecule has 3 rings (SSSR count).